The van der Waals surface area contributed by atoms with Gasteiger partial charge in [0.2, 0.25) is 6.79 Å². The second-order valence-electron chi connectivity index (χ2n) is 6.93. The van der Waals surface area contributed by atoms with Gasteiger partial charge < -0.3 is 24.6 Å². The van der Waals surface area contributed by atoms with Crippen molar-refractivity contribution in [1.29, 1.82) is 0 Å². The molecule has 1 aromatic rings. The van der Waals surface area contributed by atoms with Gasteiger partial charge in [-0.1, -0.05) is 6.07 Å². The second-order valence-corrected chi connectivity index (χ2v) is 6.93. The van der Waals surface area contributed by atoms with E-state index in [1.807, 2.05) is 12.1 Å². The van der Waals surface area contributed by atoms with Crippen molar-refractivity contribution in [1.82, 2.24) is 5.32 Å². The maximum atomic E-state index is 11.6. The van der Waals surface area contributed by atoms with Crippen molar-refractivity contribution < 1.29 is 24.1 Å². The smallest absolute Gasteiger partial charge is 0.308 e. The normalized spacial score (nSPS) is 19.6. The topological polar surface area (TPSA) is 77.0 Å². The van der Waals surface area contributed by atoms with Crippen LogP contribution in [0.5, 0.6) is 11.5 Å². The predicted octanol–water partition coefficient (Wildman–Crippen LogP) is 2.45. The molecule has 1 saturated heterocycles. The number of carboxylic acid groups (broad SMARTS) is 1. The van der Waals surface area contributed by atoms with Crippen LogP contribution in [0.15, 0.2) is 18.2 Å². The molecule has 0 spiro atoms. The molecule has 0 bridgehead atoms. The third kappa shape index (κ3) is 4.86. The Hall–Kier alpha value is -1.79. The molecule has 1 aromatic carbocycles. The number of benzene rings is 1. The number of hydrogen-bond donors (Lipinski definition) is 2. The van der Waals surface area contributed by atoms with Crippen LogP contribution in [0.25, 0.3) is 0 Å². The molecule has 2 N–H and O–H groups in total. The molecule has 0 saturated carbocycles. The van der Waals surface area contributed by atoms with Crippen LogP contribution in [0.2, 0.25) is 0 Å². The van der Waals surface area contributed by atoms with Gasteiger partial charge in [0.15, 0.2) is 11.5 Å². The van der Waals surface area contributed by atoms with Gasteiger partial charge in [0.25, 0.3) is 0 Å². The fraction of sp³-hybridized carbons (Fsp3) is 0.632. The summed E-state index contributed by atoms with van der Waals surface area (Å²) in [5.41, 5.74) is 1.21. The Balaban J connectivity index is 1.45. The van der Waals surface area contributed by atoms with Gasteiger partial charge in [-0.05, 0) is 56.2 Å². The number of fused-ring (bicyclic) bond motifs is 1. The molecule has 0 amide bonds. The SMILES string of the molecule is CC(CCc1ccc2c(c1)OCO2)NCC(C(=O)O)C1CCOCC1. The highest BCUT2D eigenvalue weighted by molar-refractivity contribution is 5.70. The molecule has 25 heavy (non-hydrogen) atoms. The predicted molar refractivity (Wildman–Crippen MR) is 93.0 cm³/mol. The summed E-state index contributed by atoms with van der Waals surface area (Å²) in [5, 5.41) is 12.9. The molecule has 2 unspecified atom stereocenters. The maximum Gasteiger partial charge on any atom is 0.308 e. The van der Waals surface area contributed by atoms with Crippen molar-refractivity contribution in [2.45, 2.75) is 38.6 Å². The molecule has 138 valence electrons. The Kier molecular flexibility index (Phi) is 6.15. The van der Waals surface area contributed by atoms with Crippen LogP contribution in [-0.2, 0) is 16.0 Å². The molecule has 2 aliphatic rings. The van der Waals surface area contributed by atoms with Crippen LogP contribution in [0, 0.1) is 11.8 Å². The zero-order valence-electron chi connectivity index (χ0n) is 14.7. The molecule has 2 heterocycles. The van der Waals surface area contributed by atoms with Crippen molar-refractivity contribution in [2.75, 3.05) is 26.6 Å². The van der Waals surface area contributed by atoms with E-state index in [9.17, 15) is 9.90 Å². The summed E-state index contributed by atoms with van der Waals surface area (Å²) in [6.45, 7) is 4.26. The lowest BCUT2D eigenvalue weighted by Gasteiger charge is -2.28. The highest BCUT2D eigenvalue weighted by atomic mass is 16.7. The van der Waals surface area contributed by atoms with Crippen LogP contribution >= 0.6 is 0 Å². The molecular weight excluding hydrogens is 322 g/mol. The average Bonchev–Trinajstić information content (AvgIpc) is 3.08. The van der Waals surface area contributed by atoms with E-state index in [1.54, 1.807) is 0 Å². The van der Waals surface area contributed by atoms with Gasteiger partial charge in [0.05, 0.1) is 5.92 Å². The van der Waals surface area contributed by atoms with Gasteiger partial charge in [-0.3, -0.25) is 4.79 Å². The Bertz CT molecular complexity index is 585. The summed E-state index contributed by atoms with van der Waals surface area (Å²) in [5.74, 6) is 0.776. The van der Waals surface area contributed by atoms with E-state index in [1.165, 1.54) is 5.56 Å². The number of carbonyl (C=O) groups is 1. The zero-order valence-corrected chi connectivity index (χ0v) is 14.7. The summed E-state index contributed by atoms with van der Waals surface area (Å²) in [6.07, 6.45) is 3.54. The highest BCUT2D eigenvalue weighted by Crippen LogP contribution is 2.32. The van der Waals surface area contributed by atoms with E-state index in [2.05, 4.69) is 18.3 Å². The summed E-state index contributed by atoms with van der Waals surface area (Å²) < 4.78 is 16.1. The molecular formula is C19H27NO5. The highest BCUT2D eigenvalue weighted by Gasteiger charge is 2.29. The van der Waals surface area contributed by atoms with E-state index in [0.29, 0.717) is 26.6 Å². The van der Waals surface area contributed by atoms with E-state index >= 15 is 0 Å². The van der Waals surface area contributed by atoms with Gasteiger partial charge in [-0.25, -0.2) is 0 Å². The molecule has 2 aliphatic heterocycles. The molecule has 0 radical (unpaired) electrons. The third-order valence-electron chi connectivity index (χ3n) is 5.14. The largest absolute Gasteiger partial charge is 0.481 e. The first-order chi connectivity index (χ1) is 12.1. The van der Waals surface area contributed by atoms with Crippen molar-refractivity contribution in [3.8, 4) is 11.5 Å². The van der Waals surface area contributed by atoms with Crippen molar-refractivity contribution in [3.05, 3.63) is 23.8 Å². The van der Waals surface area contributed by atoms with E-state index in [0.717, 1.165) is 37.2 Å². The molecule has 3 rings (SSSR count). The minimum Gasteiger partial charge on any atom is -0.481 e. The van der Waals surface area contributed by atoms with Crippen LogP contribution in [0.4, 0.5) is 0 Å². The van der Waals surface area contributed by atoms with E-state index < -0.39 is 5.97 Å². The number of ether oxygens (including phenoxy) is 3. The van der Waals surface area contributed by atoms with Crippen molar-refractivity contribution in [2.24, 2.45) is 11.8 Å². The lowest BCUT2D eigenvalue weighted by atomic mass is 9.85. The van der Waals surface area contributed by atoms with Gasteiger partial charge in [-0.15, -0.1) is 0 Å². The second kappa shape index (κ2) is 8.54. The van der Waals surface area contributed by atoms with E-state index in [-0.39, 0.29) is 17.9 Å². The summed E-state index contributed by atoms with van der Waals surface area (Å²) >= 11 is 0. The first kappa shape index (κ1) is 18.0. The number of nitrogens with one attached hydrogen (secondary N) is 1. The number of carboxylic acids is 1. The Morgan fingerprint density at radius 1 is 1.28 bits per heavy atom. The molecule has 0 aliphatic carbocycles. The van der Waals surface area contributed by atoms with Crippen LogP contribution in [0.3, 0.4) is 0 Å². The summed E-state index contributed by atoms with van der Waals surface area (Å²) in [6, 6.07) is 6.29. The zero-order chi connectivity index (χ0) is 17.6. The van der Waals surface area contributed by atoms with Crippen molar-refractivity contribution >= 4 is 5.97 Å². The summed E-state index contributed by atoms with van der Waals surface area (Å²) in [7, 11) is 0. The van der Waals surface area contributed by atoms with Gasteiger partial charge in [0, 0.05) is 25.8 Å². The maximum absolute atomic E-state index is 11.6. The Morgan fingerprint density at radius 2 is 2.04 bits per heavy atom. The van der Waals surface area contributed by atoms with E-state index in [4.69, 9.17) is 14.2 Å². The van der Waals surface area contributed by atoms with Crippen LogP contribution < -0.4 is 14.8 Å². The van der Waals surface area contributed by atoms with Crippen LogP contribution in [0.1, 0.15) is 31.7 Å². The molecule has 0 aromatic heterocycles. The van der Waals surface area contributed by atoms with Gasteiger partial charge in [0.1, 0.15) is 0 Å². The van der Waals surface area contributed by atoms with Gasteiger partial charge >= 0.3 is 5.97 Å². The molecule has 6 heteroatoms. The quantitative estimate of drug-likeness (QED) is 0.751. The number of hydrogen-bond acceptors (Lipinski definition) is 5. The minimum atomic E-state index is -0.706. The Labute approximate surface area is 148 Å². The first-order valence-corrected chi connectivity index (χ1v) is 9.06. The third-order valence-corrected chi connectivity index (χ3v) is 5.14. The lowest BCUT2D eigenvalue weighted by Crippen LogP contribution is -2.39. The fourth-order valence-electron chi connectivity index (χ4n) is 3.48. The average molecular weight is 349 g/mol. The monoisotopic (exact) mass is 349 g/mol. The first-order valence-electron chi connectivity index (χ1n) is 9.06. The molecule has 1 fully saturated rings. The summed E-state index contributed by atoms with van der Waals surface area (Å²) in [4.78, 5) is 11.6. The fourth-order valence-corrected chi connectivity index (χ4v) is 3.48. The number of aryl methyl sites for hydroxylation is 1. The lowest BCUT2D eigenvalue weighted by molar-refractivity contribution is -0.144. The molecule has 6 nitrogen and oxygen atoms in total. The van der Waals surface area contributed by atoms with Gasteiger partial charge in [-0.2, -0.15) is 0 Å². The minimum absolute atomic E-state index is 0.208. The standard InChI is InChI=1S/C19H27NO5/c1-13(2-3-14-4-5-17-18(10-14)25-12-24-17)20-11-16(19(21)22)15-6-8-23-9-7-15/h4-5,10,13,15-16,20H,2-3,6-9,11-12H2,1H3,(H,21,22). The molecule has 2 atom stereocenters. The van der Waals surface area contributed by atoms with Crippen LogP contribution in [-0.4, -0.2) is 43.7 Å². The number of aliphatic carboxylic acids is 1. The van der Waals surface area contributed by atoms with Crippen molar-refractivity contribution in [3.63, 3.8) is 0 Å². The number of rotatable bonds is 8. The Morgan fingerprint density at radius 3 is 2.80 bits per heavy atom.